The van der Waals surface area contributed by atoms with Crippen LogP contribution in [-0.2, 0) is 14.6 Å². The van der Waals surface area contributed by atoms with Crippen LogP contribution in [0.4, 0.5) is 10.8 Å². The monoisotopic (exact) mass is 319 g/mol. The molecule has 6 nitrogen and oxygen atoms in total. The number of hydrogen-bond donors (Lipinski definition) is 2. The van der Waals surface area contributed by atoms with Crippen LogP contribution >= 0.6 is 11.5 Å². The average Bonchev–Trinajstić information content (AvgIpc) is 2.68. The first kappa shape index (κ1) is 15.5. The minimum absolute atomic E-state index is 0.0938. The van der Waals surface area contributed by atoms with Gasteiger partial charge in [-0.2, -0.15) is 4.37 Å². The minimum atomic E-state index is -3.35. The van der Waals surface area contributed by atoms with Crippen molar-refractivity contribution >= 4 is 32.2 Å². The average molecular weight is 319 g/mol. The van der Waals surface area contributed by atoms with Crippen molar-refractivity contribution in [3.63, 3.8) is 0 Å². The largest absolute Gasteiger partial charge is 0.382 e. The normalized spacial score (nSPS) is 22.5. The minimum Gasteiger partial charge on any atom is -0.382 e. The summed E-state index contributed by atoms with van der Waals surface area (Å²) >= 11 is 1.11. The fourth-order valence-corrected chi connectivity index (χ4v) is 4.98. The number of rotatable bonds is 7. The number of nitrogens with two attached hydrogens (primary N) is 1. The maximum atomic E-state index is 12.2. The zero-order valence-electron chi connectivity index (χ0n) is 11.8. The molecule has 1 aromatic rings. The third kappa shape index (κ3) is 3.24. The first-order valence-corrected chi connectivity index (χ1v) is 9.26. The molecule has 0 radical (unpaired) electrons. The Hall–Kier alpha value is -0.860. The number of aromatic nitrogens is 1. The predicted octanol–water partition coefficient (Wildman–Crippen LogP) is 1.89. The van der Waals surface area contributed by atoms with Crippen LogP contribution in [0.15, 0.2) is 4.90 Å². The van der Waals surface area contributed by atoms with Crippen LogP contribution in [0.5, 0.6) is 0 Å². The highest BCUT2D eigenvalue weighted by Gasteiger charge is 2.32. The third-order valence-corrected chi connectivity index (χ3v) is 6.19. The summed E-state index contributed by atoms with van der Waals surface area (Å²) in [6.45, 7) is 4.51. The van der Waals surface area contributed by atoms with Gasteiger partial charge in [0.05, 0.1) is 11.9 Å². The number of hydrogen-bond acceptors (Lipinski definition) is 7. The van der Waals surface area contributed by atoms with Crippen LogP contribution in [0.3, 0.4) is 0 Å². The Morgan fingerprint density at radius 1 is 1.45 bits per heavy atom. The fraction of sp³-hybridized carbons (Fsp3) is 0.750. The maximum absolute atomic E-state index is 12.2. The number of ether oxygens (including phenoxy) is 1. The predicted molar refractivity (Wildman–Crippen MR) is 80.9 cm³/mol. The summed E-state index contributed by atoms with van der Waals surface area (Å²) < 4.78 is 33.9. The third-order valence-electron chi connectivity index (χ3n) is 3.29. The zero-order valence-corrected chi connectivity index (χ0v) is 13.4. The molecule has 0 bridgehead atoms. The highest BCUT2D eigenvalue weighted by atomic mass is 32.2. The molecule has 2 rings (SSSR count). The van der Waals surface area contributed by atoms with E-state index in [2.05, 4.69) is 9.69 Å². The molecule has 114 valence electrons. The number of nitrogens with one attached hydrogen (secondary N) is 1. The lowest BCUT2D eigenvalue weighted by molar-refractivity contribution is 0.00301. The molecule has 1 aliphatic carbocycles. The molecule has 0 spiro atoms. The summed E-state index contributed by atoms with van der Waals surface area (Å²) in [5.41, 5.74) is 5.72. The van der Waals surface area contributed by atoms with Crippen molar-refractivity contribution in [2.24, 2.45) is 0 Å². The van der Waals surface area contributed by atoms with Crippen LogP contribution in [0.2, 0.25) is 0 Å². The van der Waals surface area contributed by atoms with Crippen molar-refractivity contribution in [3.05, 3.63) is 0 Å². The summed E-state index contributed by atoms with van der Waals surface area (Å²) in [5, 5.41) is 3.80. The van der Waals surface area contributed by atoms with Gasteiger partial charge in [0.25, 0.3) is 0 Å². The molecule has 0 aromatic carbocycles. The van der Waals surface area contributed by atoms with Crippen LogP contribution < -0.4 is 11.1 Å². The van der Waals surface area contributed by atoms with Crippen molar-refractivity contribution in [3.8, 4) is 0 Å². The maximum Gasteiger partial charge on any atom is 0.185 e. The Morgan fingerprint density at radius 2 is 2.15 bits per heavy atom. The highest BCUT2D eigenvalue weighted by Crippen LogP contribution is 2.36. The summed E-state index contributed by atoms with van der Waals surface area (Å²) in [4.78, 5) is 0.171. The van der Waals surface area contributed by atoms with E-state index in [1.54, 1.807) is 0 Å². The molecular formula is C12H21N3O3S2. The van der Waals surface area contributed by atoms with Crippen LogP contribution in [-0.4, -0.2) is 37.3 Å². The first-order valence-electron chi connectivity index (χ1n) is 6.84. The van der Waals surface area contributed by atoms with Gasteiger partial charge in [0, 0.05) is 12.6 Å². The molecule has 1 saturated carbocycles. The Morgan fingerprint density at radius 3 is 2.75 bits per heavy atom. The van der Waals surface area contributed by atoms with E-state index >= 15 is 0 Å². The lowest BCUT2D eigenvalue weighted by Crippen LogP contribution is -2.40. The molecule has 1 aromatic heterocycles. The second kappa shape index (κ2) is 6.28. The molecule has 20 heavy (non-hydrogen) atoms. The Balaban J connectivity index is 2.07. The molecule has 1 aliphatic rings. The summed E-state index contributed by atoms with van der Waals surface area (Å²) in [6.07, 6.45) is 2.61. The van der Waals surface area contributed by atoms with Crippen LogP contribution in [0.25, 0.3) is 0 Å². The van der Waals surface area contributed by atoms with E-state index in [1.165, 1.54) is 0 Å². The standard InChI is InChI=1S/C12H21N3O3S2/c1-3-5-20(16,17)10-11(13)15-19-12(10)14-8-6-9(7-8)18-4-2/h8-9,14H,3-7H2,1-2H3,(H2,13,15). The molecule has 0 atom stereocenters. The summed E-state index contributed by atoms with van der Waals surface area (Å²) in [7, 11) is -3.35. The van der Waals surface area contributed by atoms with Gasteiger partial charge in [0.15, 0.2) is 15.7 Å². The second-order valence-electron chi connectivity index (χ2n) is 4.93. The van der Waals surface area contributed by atoms with Crippen molar-refractivity contribution < 1.29 is 13.2 Å². The molecule has 0 amide bonds. The molecule has 1 fully saturated rings. The van der Waals surface area contributed by atoms with Crippen LogP contribution in [0.1, 0.15) is 33.1 Å². The van der Waals surface area contributed by atoms with E-state index in [-0.39, 0.29) is 28.6 Å². The fourth-order valence-electron chi connectivity index (χ4n) is 2.30. The summed E-state index contributed by atoms with van der Waals surface area (Å²) in [6, 6.07) is 0.238. The molecule has 0 saturated heterocycles. The van der Waals surface area contributed by atoms with Gasteiger partial charge in [-0.05, 0) is 37.7 Å². The molecular weight excluding hydrogens is 298 g/mol. The van der Waals surface area contributed by atoms with E-state index < -0.39 is 9.84 Å². The Bertz CT molecular complexity index is 550. The van der Waals surface area contributed by atoms with Crippen molar-refractivity contribution in [1.82, 2.24) is 4.37 Å². The van der Waals surface area contributed by atoms with Gasteiger partial charge < -0.3 is 15.8 Å². The van der Waals surface area contributed by atoms with Crippen molar-refractivity contribution in [2.45, 2.75) is 50.2 Å². The van der Waals surface area contributed by atoms with Gasteiger partial charge in [-0.15, -0.1) is 0 Å². The number of nitrogen functional groups attached to an aromatic ring is 1. The van der Waals surface area contributed by atoms with Crippen molar-refractivity contribution in [2.75, 3.05) is 23.4 Å². The first-order chi connectivity index (χ1) is 9.47. The zero-order chi connectivity index (χ0) is 14.8. The van der Waals surface area contributed by atoms with E-state index in [4.69, 9.17) is 10.5 Å². The van der Waals surface area contributed by atoms with E-state index in [0.717, 1.165) is 24.4 Å². The molecule has 0 unspecified atom stereocenters. The topological polar surface area (TPSA) is 94.3 Å². The van der Waals surface area contributed by atoms with Crippen molar-refractivity contribution in [1.29, 1.82) is 0 Å². The Kier molecular flexibility index (Phi) is 4.87. The molecule has 0 aliphatic heterocycles. The highest BCUT2D eigenvalue weighted by molar-refractivity contribution is 7.91. The Labute approximate surface area is 123 Å². The lowest BCUT2D eigenvalue weighted by atomic mass is 9.89. The second-order valence-corrected chi connectivity index (χ2v) is 7.75. The van der Waals surface area contributed by atoms with Gasteiger partial charge in [0.2, 0.25) is 0 Å². The van der Waals surface area contributed by atoms with Gasteiger partial charge in [-0.1, -0.05) is 6.92 Å². The smallest absolute Gasteiger partial charge is 0.185 e. The molecule has 8 heteroatoms. The van der Waals surface area contributed by atoms with Gasteiger partial charge in [-0.25, -0.2) is 8.42 Å². The summed E-state index contributed by atoms with van der Waals surface area (Å²) in [5.74, 6) is 0.197. The molecule has 3 N–H and O–H groups in total. The van der Waals surface area contributed by atoms with E-state index in [0.29, 0.717) is 18.0 Å². The van der Waals surface area contributed by atoms with E-state index in [1.807, 2.05) is 13.8 Å². The van der Waals surface area contributed by atoms with Gasteiger partial charge in [0.1, 0.15) is 9.90 Å². The van der Waals surface area contributed by atoms with E-state index in [9.17, 15) is 8.42 Å². The van der Waals surface area contributed by atoms with Crippen LogP contribution in [0, 0.1) is 0 Å². The lowest BCUT2D eigenvalue weighted by Gasteiger charge is -2.35. The molecule has 1 heterocycles. The quantitative estimate of drug-likeness (QED) is 0.797. The number of anilines is 2. The van der Waals surface area contributed by atoms with Gasteiger partial charge in [-0.3, -0.25) is 0 Å². The van der Waals surface area contributed by atoms with Gasteiger partial charge >= 0.3 is 0 Å². The SMILES string of the molecule is CCCS(=O)(=O)c1c(N)nsc1NC1CC(OCC)C1. The number of sulfone groups is 1. The number of nitrogens with zero attached hydrogens (tertiary/aromatic N) is 1.